The summed E-state index contributed by atoms with van der Waals surface area (Å²) >= 11 is 0. The lowest BCUT2D eigenvalue weighted by molar-refractivity contribution is 0.110. The zero-order chi connectivity index (χ0) is 21.9. The maximum Gasteiger partial charge on any atom is 0.407 e. The van der Waals surface area contributed by atoms with Crippen LogP contribution in [0.4, 0.5) is 16.6 Å². The number of carboxylic acid groups (broad SMARTS) is 1. The van der Waals surface area contributed by atoms with Crippen LogP contribution in [-0.4, -0.2) is 59.3 Å². The summed E-state index contributed by atoms with van der Waals surface area (Å²) in [5.41, 5.74) is 2.49. The van der Waals surface area contributed by atoms with Crippen LogP contribution in [0.25, 0.3) is 0 Å². The highest BCUT2D eigenvalue weighted by atomic mass is 16.4. The van der Waals surface area contributed by atoms with Crippen LogP contribution in [0.3, 0.4) is 0 Å². The van der Waals surface area contributed by atoms with Crippen molar-refractivity contribution in [3.05, 3.63) is 11.3 Å². The molecule has 30 heavy (non-hydrogen) atoms. The van der Waals surface area contributed by atoms with Gasteiger partial charge in [0, 0.05) is 38.8 Å². The van der Waals surface area contributed by atoms with E-state index in [0.717, 1.165) is 50.3 Å². The molecular weight excluding hydrogens is 378 g/mol. The van der Waals surface area contributed by atoms with Gasteiger partial charge in [0.25, 0.3) is 0 Å². The Morgan fingerprint density at radius 3 is 2.37 bits per heavy atom. The molecule has 1 saturated carbocycles. The number of anilines is 2. The summed E-state index contributed by atoms with van der Waals surface area (Å²) in [6.45, 7) is 7.48. The van der Waals surface area contributed by atoms with E-state index in [2.05, 4.69) is 45.1 Å². The van der Waals surface area contributed by atoms with Crippen LogP contribution in [0.5, 0.6) is 0 Å². The van der Waals surface area contributed by atoms with Gasteiger partial charge in [-0.2, -0.15) is 4.98 Å². The molecule has 2 N–H and O–H groups in total. The first-order chi connectivity index (χ1) is 14.1. The third-order valence-corrected chi connectivity index (χ3v) is 6.18. The smallest absolute Gasteiger partial charge is 0.407 e. The van der Waals surface area contributed by atoms with Crippen LogP contribution in [0.1, 0.15) is 70.6 Å². The number of nitrogens with zero attached hydrogens (tertiary/aromatic N) is 4. The SMILES string of the molecule is CN(C)c1nc(N[C@H]2CC[C@@H](CN(CC(C)(C)C)C(=O)O)CC2)nc2c1CCCC2. The van der Waals surface area contributed by atoms with Gasteiger partial charge >= 0.3 is 6.09 Å². The third-order valence-electron chi connectivity index (χ3n) is 6.18. The first-order valence-electron chi connectivity index (χ1n) is 11.4. The van der Waals surface area contributed by atoms with Gasteiger partial charge in [-0.3, -0.25) is 0 Å². The average Bonchev–Trinajstić information content (AvgIpc) is 2.67. The molecule has 0 spiro atoms. The molecule has 0 radical (unpaired) electrons. The minimum absolute atomic E-state index is 0.0227. The number of rotatable bonds is 6. The summed E-state index contributed by atoms with van der Waals surface area (Å²) in [5.74, 6) is 2.24. The van der Waals surface area contributed by atoms with Gasteiger partial charge in [0.05, 0.1) is 5.69 Å². The molecule has 0 saturated heterocycles. The molecule has 7 heteroatoms. The largest absolute Gasteiger partial charge is 0.465 e. The lowest BCUT2D eigenvalue weighted by atomic mass is 9.85. The van der Waals surface area contributed by atoms with Crippen molar-refractivity contribution >= 4 is 17.9 Å². The van der Waals surface area contributed by atoms with Crippen molar-refractivity contribution < 1.29 is 9.90 Å². The monoisotopic (exact) mass is 417 g/mol. The second-order valence-electron chi connectivity index (χ2n) is 10.5. The van der Waals surface area contributed by atoms with Crippen molar-refractivity contribution in [2.75, 3.05) is 37.4 Å². The Morgan fingerprint density at radius 1 is 1.10 bits per heavy atom. The van der Waals surface area contributed by atoms with Gasteiger partial charge in [0.2, 0.25) is 5.95 Å². The van der Waals surface area contributed by atoms with Crippen molar-refractivity contribution in [3.8, 4) is 0 Å². The van der Waals surface area contributed by atoms with E-state index in [4.69, 9.17) is 9.97 Å². The highest BCUT2D eigenvalue weighted by Crippen LogP contribution is 2.31. The van der Waals surface area contributed by atoms with Crippen LogP contribution in [-0.2, 0) is 12.8 Å². The maximum absolute atomic E-state index is 11.7. The highest BCUT2D eigenvalue weighted by Gasteiger charge is 2.28. The zero-order valence-corrected chi connectivity index (χ0v) is 19.4. The fourth-order valence-corrected chi connectivity index (χ4v) is 4.78. The van der Waals surface area contributed by atoms with Crippen molar-refractivity contribution in [1.82, 2.24) is 14.9 Å². The molecule has 7 nitrogen and oxygen atoms in total. The molecule has 0 aromatic carbocycles. The Hall–Kier alpha value is -2.05. The number of fused-ring (bicyclic) bond motifs is 1. The summed E-state index contributed by atoms with van der Waals surface area (Å²) in [6, 6.07) is 0.360. The molecule has 1 aromatic rings. The Bertz CT molecular complexity index is 736. The van der Waals surface area contributed by atoms with E-state index in [1.165, 1.54) is 24.1 Å². The fourth-order valence-electron chi connectivity index (χ4n) is 4.78. The Balaban J connectivity index is 1.58. The van der Waals surface area contributed by atoms with Crippen LogP contribution < -0.4 is 10.2 Å². The molecule has 0 atom stereocenters. The van der Waals surface area contributed by atoms with Gasteiger partial charge < -0.3 is 20.2 Å². The highest BCUT2D eigenvalue weighted by molar-refractivity contribution is 5.65. The molecular formula is C23H39N5O2. The number of nitrogens with one attached hydrogen (secondary N) is 1. The Kier molecular flexibility index (Phi) is 7.09. The number of aromatic nitrogens is 2. The van der Waals surface area contributed by atoms with E-state index in [0.29, 0.717) is 25.0 Å². The predicted molar refractivity (Wildman–Crippen MR) is 121 cm³/mol. The summed E-state index contributed by atoms with van der Waals surface area (Å²) < 4.78 is 0. The number of aryl methyl sites for hydroxylation is 1. The summed E-state index contributed by atoms with van der Waals surface area (Å²) in [6.07, 6.45) is 7.88. The maximum atomic E-state index is 11.7. The first-order valence-corrected chi connectivity index (χ1v) is 11.4. The van der Waals surface area contributed by atoms with E-state index in [1.807, 2.05) is 0 Å². The number of carbonyl (C=O) groups is 1. The zero-order valence-electron chi connectivity index (χ0n) is 19.4. The molecule has 1 aromatic heterocycles. The summed E-state index contributed by atoms with van der Waals surface area (Å²) in [4.78, 5) is 25.0. The fraction of sp³-hybridized carbons (Fsp3) is 0.783. The Labute approximate surface area is 181 Å². The lowest BCUT2D eigenvalue weighted by Crippen LogP contribution is -2.41. The molecule has 1 amide bonds. The quantitative estimate of drug-likeness (QED) is 0.713. The predicted octanol–water partition coefficient (Wildman–Crippen LogP) is 4.42. The number of hydrogen-bond donors (Lipinski definition) is 2. The molecule has 0 unspecified atom stereocenters. The summed E-state index contributed by atoms with van der Waals surface area (Å²) in [7, 11) is 4.11. The van der Waals surface area contributed by atoms with Gasteiger partial charge in [-0.25, -0.2) is 9.78 Å². The molecule has 0 bridgehead atoms. The molecule has 168 valence electrons. The van der Waals surface area contributed by atoms with Gasteiger partial charge in [-0.15, -0.1) is 0 Å². The van der Waals surface area contributed by atoms with Gasteiger partial charge in [-0.05, 0) is 62.7 Å². The van der Waals surface area contributed by atoms with E-state index >= 15 is 0 Å². The normalized spacial score (nSPS) is 21.6. The van der Waals surface area contributed by atoms with Crippen molar-refractivity contribution in [2.45, 2.75) is 78.2 Å². The number of amides is 1. The molecule has 2 aliphatic carbocycles. The third kappa shape index (κ3) is 5.99. The van der Waals surface area contributed by atoms with Gasteiger partial charge in [0.15, 0.2) is 0 Å². The van der Waals surface area contributed by atoms with Crippen LogP contribution in [0, 0.1) is 11.3 Å². The second kappa shape index (κ2) is 9.40. The number of hydrogen-bond acceptors (Lipinski definition) is 5. The van der Waals surface area contributed by atoms with E-state index < -0.39 is 6.09 Å². The van der Waals surface area contributed by atoms with Crippen LogP contribution >= 0.6 is 0 Å². The lowest BCUT2D eigenvalue weighted by Gasteiger charge is -2.34. The standard InChI is InChI=1S/C23H39N5O2/c1-23(2,3)15-28(22(29)30)14-16-10-12-17(13-11-16)24-21-25-19-9-7-6-8-18(19)20(26-21)27(4)5/h16-17H,6-15H2,1-5H3,(H,29,30)(H,24,25,26)/t16-,17+. The molecule has 2 aliphatic rings. The topological polar surface area (TPSA) is 81.6 Å². The Morgan fingerprint density at radius 2 is 1.77 bits per heavy atom. The molecule has 1 fully saturated rings. The van der Waals surface area contributed by atoms with Crippen molar-refractivity contribution in [2.24, 2.45) is 11.3 Å². The van der Waals surface area contributed by atoms with Crippen molar-refractivity contribution in [3.63, 3.8) is 0 Å². The minimum atomic E-state index is -0.802. The van der Waals surface area contributed by atoms with Gasteiger partial charge in [-0.1, -0.05) is 20.8 Å². The minimum Gasteiger partial charge on any atom is -0.465 e. The van der Waals surface area contributed by atoms with Gasteiger partial charge in [0.1, 0.15) is 5.82 Å². The molecule has 3 rings (SSSR count). The summed E-state index contributed by atoms with van der Waals surface area (Å²) in [5, 5.41) is 13.2. The van der Waals surface area contributed by atoms with Crippen molar-refractivity contribution in [1.29, 1.82) is 0 Å². The van der Waals surface area contributed by atoms with E-state index in [-0.39, 0.29) is 5.41 Å². The molecule has 0 aliphatic heterocycles. The van der Waals surface area contributed by atoms with Crippen LogP contribution in [0.15, 0.2) is 0 Å². The van der Waals surface area contributed by atoms with E-state index in [1.54, 1.807) is 4.90 Å². The molecule has 1 heterocycles. The first kappa shape index (κ1) is 22.6. The second-order valence-corrected chi connectivity index (χ2v) is 10.5. The average molecular weight is 418 g/mol. The van der Waals surface area contributed by atoms with Crippen LogP contribution in [0.2, 0.25) is 0 Å². The van der Waals surface area contributed by atoms with E-state index in [9.17, 15) is 9.90 Å².